The highest BCUT2D eigenvalue weighted by molar-refractivity contribution is 14.1. The van der Waals surface area contributed by atoms with Gasteiger partial charge in [0.25, 0.3) is 5.91 Å². The fourth-order valence-corrected chi connectivity index (χ4v) is 9.41. The van der Waals surface area contributed by atoms with E-state index in [4.69, 9.17) is 21.1 Å². The number of benzene rings is 2. The number of carbonyl (C=O) groups is 2. The van der Waals surface area contributed by atoms with E-state index in [2.05, 4.69) is 46.3 Å². The minimum absolute atomic E-state index is 0.0193. The molecule has 2 aromatic rings. The molecule has 2 heterocycles. The van der Waals surface area contributed by atoms with Crippen molar-refractivity contribution in [3.63, 3.8) is 0 Å². The molecule has 0 N–H and O–H groups in total. The summed E-state index contributed by atoms with van der Waals surface area (Å²) in [5.41, 5.74) is 0.614. The number of rotatable bonds is 11. The van der Waals surface area contributed by atoms with Gasteiger partial charge < -0.3 is 19.3 Å². The van der Waals surface area contributed by atoms with Crippen molar-refractivity contribution in [2.75, 3.05) is 54.5 Å². The highest BCUT2D eigenvalue weighted by atomic mass is 127. The SMILES string of the molecule is CCCC(CCC#Cc1cc(Cl)ccc1[C@H]1CN(C(=O)[C@]2(F)CN(C3CCC(OC)CC3)C[C@H]2c2ccc(OC)cc2)C[C@@H]1I)C(=O)N(C)C. The van der Waals surface area contributed by atoms with Crippen molar-refractivity contribution in [2.45, 2.75) is 91.9 Å². The van der Waals surface area contributed by atoms with Gasteiger partial charge in [0, 0.05) is 92.1 Å². The van der Waals surface area contributed by atoms with Crippen LogP contribution < -0.4 is 4.74 Å². The molecule has 2 aromatic carbocycles. The molecule has 2 aliphatic heterocycles. The van der Waals surface area contributed by atoms with Gasteiger partial charge in [-0.25, -0.2) is 4.39 Å². The van der Waals surface area contributed by atoms with Gasteiger partial charge in [0.1, 0.15) is 5.75 Å². The molecule has 1 unspecified atom stereocenters. The Morgan fingerprint density at radius 2 is 1.78 bits per heavy atom. The van der Waals surface area contributed by atoms with Gasteiger partial charge in [-0.2, -0.15) is 0 Å². The molecule has 0 radical (unpaired) electrons. The maximum absolute atomic E-state index is 17.7. The zero-order valence-electron chi connectivity index (χ0n) is 30.1. The monoisotopic (exact) mass is 819 g/mol. The number of ether oxygens (including phenoxy) is 2. The van der Waals surface area contributed by atoms with Gasteiger partial charge in [-0.05, 0) is 73.9 Å². The second-order valence-corrected chi connectivity index (χ2v) is 16.4. The molecule has 0 bridgehead atoms. The molecule has 0 aromatic heterocycles. The lowest BCUT2D eigenvalue weighted by Crippen LogP contribution is -2.50. The summed E-state index contributed by atoms with van der Waals surface area (Å²) in [5.74, 6) is 6.43. The molecule has 5 rings (SSSR count). The highest BCUT2D eigenvalue weighted by Gasteiger charge is 2.57. The second-order valence-electron chi connectivity index (χ2n) is 14.4. The van der Waals surface area contributed by atoms with Crippen molar-refractivity contribution in [1.29, 1.82) is 0 Å². The van der Waals surface area contributed by atoms with Gasteiger partial charge in [0.05, 0.1) is 13.2 Å². The Bertz CT molecular complexity index is 1540. The summed E-state index contributed by atoms with van der Waals surface area (Å²) in [5, 5.41) is 0.594. The Kier molecular flexibility index (Phi) is 13.5. The van der Waals surface area contributed by atoms with Crippen LogP contribution in [-0.2, 0) is 14.3 Å². The first-order valence-electron chi connectivity index (χ1n) is 18.0. The molecule has 272 valence electrons. The van der Waals surface area contributed by atoms with E-state index in [9.17, 15) is 9.59 Å². The number of methoxy groups -OCH3 is 2. The van der Waals surface area contributed by atoms with Crippen LogP contribution in [0.3, 0.4) is 0 Å². The molecule has 2 amide bonds. The minimum Gasteiger partial charge on any atom is -0.497 e. The van der Waals surface area contributed by atoms with Crippen LogP contribution in [0.15, 0.2) is 42.5 Å². The van der Waals surface area contributed by atoms with E-state index in [0.29, 0.717) is 43.2 Å². The van der Waals surface area contributed by atoms with E-state index >= 15 is 4.39 Å². The lowest BCUT2D eigenvalue weighted by atomic mass is 9.85. The number of amides is 2. The topological polar surface area (TPSA) is 62.3 Å². The molecular formula is C40H52ClFIN3O4. The Hall–Kier alpha value is -2.39. The number of nitrogens with zero attached hydrogens (tertiary/aromatic N) is 3. The van der Waals surface area contributed by atoms with Crippen molar-refractivity contribution in [3.8, 4) is 17.6 Å². The van der Waals surface area contributed by atoms with Crippen LogP contribution in [0.1, 0.15) is 86.8 Å². The maximum Gasteiger partial charge on any atom is 0.262 e. The summed E-state index contributed by atoms with van der Waals surface area (Å²) in [6, 6.07) is 13.5. The average molecular weight is 820 g/mol. The van der Waals surface area contributed by atoms with Crippen molar-refractivity contribution in [3.05, 3.63) is 64.2 Å². The lowest BCUT2D eigenvalue weighted by Gasteiger charge is -2.34. The van der Waals surface area contributed by atoms with Gasteiger partial charge in [0.15, 0.2) is 0 Å². The molecule has 2 saturated heterocycles. The van der Waals surface area contributed by atoms with Gasteiger partial charge >= 0.3 is 0 Å². The van der Waals surface area contributed by atoms with Crippen LogP contribution in [0.25, 0.3) is 0 Å². The predicted molar refractivity (Wildman–Crippen MR) is 206 cm³/mol. The van der Waals surface area contributed by atoms with Gasteiger partial charge in [0.2, 0.25) is 11.6 Å². The Balaban J connectivity index is 1.35. The van der Waals surface area contributed by atoms with Crippen LogP contribution >= 0.6 is 34.2 Å². The van der Waals surface area contributed by atoms with Crippen LogP contribution in [0.2, 0.25) is 5.02 Å². The number of hydrogen-bond donors (Lipinski definition) is 0. The molecule has 0 spiro atoms. The first-order valence-corrected chi connectivity index (χ1v) is 19.6. The Labute approximate surface area is 316 Å². The maximum atomic E-state index is 17.7. The van der Waals surface area contributed by atoms with Gasteiger partial charge in [-0.15, -0.1) is 0 Å². The van der Waals surface area contributed by atoms with Gasteiger partial charge in [-0.1, -0.05) is 77.6 Å². The number of likely N-dealkylation sites (tertiary alicyclic amines) is 2. The molecule has 3 aliphatic rings. The molecule has 3 fully saturated rings. The van der Waals surface area contributed by atoms with E-state index in [1.54, 1.807) is 38.1 Å². The minimum atomic E-state index is -2.06. The molecule has 1 aliphatic carbocycles. The molecule has 1 saturated carbocycles. The van der Waals surface area contributed by atoms with Crippen molar-refractivity contribution < 1.29 is 23.5 Å². The molecule has 10 heteroatoms. The van der Waals surface area contributed by atoms with Crippen molar-refractivity contribution in [2.24, 2.45) is 5.92 Å². The standard InChI is InChI=1S/C40H52ClFIN3O4/c1-6-9-28(38(47)44(2)3)10-7-8-11-29-22-30(41)14-21-34(29)35-23-45(25-37(35)43)39(48)40(42)26-46(31-15-19-33(50-5)20-16-31)24-36(40)27-12-17-32(49-4)18-13-27/h12-14,17-18,21-22,28,31,33,35-37H,6-7,9-10,15-16,19-20,23-26H2,1-5H3/t28?,31?,33?,35-,36+,37+,40+/m1/s1. The summed E-state index contributed by atoms with van der Waals surface area (Å²) in [7, 11) is 6.97. The first-order chi connectivity index (χ1) is 24.0. The van der Waals surface area contributed by atoms with Crippen LogP contribution in [0.4, 0.5) is 4.39 Å². The number of carbonyl (C=O) groups excluding carboxylic acids is 2. The summed E-state index contributed by atoms with van der Waals surface area (Å²) in [6.07, 6.45) is 7.09. The third-order valence-electron chi connectivity index (χ3n) is 11.0. The zero-order chi connectivity index (χ0) is 36.0. The second kappa shape index (κ2) is 17.4. The van der Waals surface area contributed by atoms with Gasteiger partial charge in [-0.3, -0.25) is 14.5 Å². The molecule has 5 atom stereocenters. The third kappa shape index (κ3) is 8.79. The third-order valence-corrected chi connectivity index (χ3v) is 12.5. The van der Waals surface area contributed by atoms with E-state index in [1.165, 1.54) is 0 Å². The highest BCUT2D eigenvalue weighted by Crippen LogP contribution is 2.45. The zero-order valence-corrected chi connectivity index (χ0v) is 33.0. The molecular weight excluding hydrogens is 768 g/mol. The van der Waals surface area contributed by atoms with E-state index in [-0.39, 0.29) is 40.4 Å². The summed E-state index contributed by atoms with van der Waals surface area (Å²) in [4.78, 5) is 32.8. The Morgan fingerprint density at radius 1 is 1.06 bits per heavy atom. The summed E-state index contributed by atoms with van der Waals surface area (Å²) < 4.78 is 28.8. The normalized spacial score (nSPS) is 27.4. The largest absolute Gasteiger partial charge is 0.497 e. The summed E-state index contributed by atoms with van der Waals surface area (Å²) >= 11 is 8.87. The first kappa shape index (κ1) is 38.8. The lowest BCUT2D eigenvalue weighted by molar-refractivity contribution is -0.143. The van der Waals surface area contributed by atoms with Crippen LogP contribution in [-0.4, -0.2) is 103 Å². The molecule has 50 heavy (non-hydrogen) atoms. The number of hydrogen-bond acceptors (Lipinski definition) is 5. The fourth-order valence-electron chi connectivity index (χ4n) is 8.15. The van der Waals surface area contributed by atoms with Crippen LogP contribution in [0.5, 0.6) is 5.75 Å². The Morgan fingerprint density at radius 3 is 2.42 bits per heavy atom. The number of halogens is 3. The summed E-state index contributed by atoms with van der Waals surface area (Å²) in [6.45, 7) is 3.56. The number of alkyl halides is 2. The van der Waals surface area contributed by atoms with Crippen molar-refractivity contribution in [1.82, 2.24) is 14.7 Å². The van der Waals surface area contributed by atoms with E-state index in [0.717, 1.165) is 55.2 Å². The predicted octanol–water partition coefficient (Wildman–Crippen LogP) is 7.48. The average Bonchev–Trinajstić information content (AvgIpc) is 3.69. The fraction of sp³-hybridized carbons (Fsp3) is 0.600. The smallest absolute Gasteiger partial charge is 0.262 e. The van der Waals surface area contributed by atoms with Crippen molar-refractivity contribution >= 4 is 46.0 Å². The van der Waals surface area contributed by atoms with E-state index < -0.39 is 17.5 Å². The van der Waals surface area contributed by atoms with E-state index in [1.807, 2.05) is 42.5 Å². The van der Waals surface area contributed by atoms with Crippen LogP contribution in [0, 0.1) is 17.8 Å². The molecule has 7 nitrogen and oxygen atoms in total. The quantitative estimate of drug-likeness (QED) is 0.134.